The molecule has 0 aliphatic carbocycles. The minimum Gasteiger partial charge on any atom is -0.489 e. The van der Waals surface area contributed by atoms with Crippen LogP contribution in [0.1, 0.15) is 36.2 Å². The van der Waals surface area contributed by atoms with Gasteiger partial charge in [-0.05, 0) is 36.5 Å². The van der Waals surface area contributed by atoms with Gasteiger partial charge in [0.2, 0.25) is 0 Å². The number of pyridine rings is 1. The molecule has 1 aromatic rings. The third-order valence-corrected chi connectivity index (χ3v) is 5.02. The molecule has 4 nitrogen and oxygen atoms in total. The van der Waals surface area contributed by atoms with Crippen LogP contribution >= 0.6 is 11.8 Å². The molecule has 2 fully saturated rings. The molecule has 5 heteroatoms. The van der Waals surface area contributed by atoms with Crippen molar-refractivity contribution < 1.29 is 14.3 Å². The van der Waals surface area contributed by atoms with E-state index in [-0.39, 0.29) is 11.7 Å². The summed E-state index contributed by atoms with van der Waals surface area (Å²) in [6.45, 7) is 0.773. The van der Waals surface area contributed by atoms with Crippen LogP contribution in [0, 0.1) is 0 Å². The molecule has 2 saturated heterocycles. The van der Waals surface area contributed by atoms with E-state index in [1.54, 1.807) is 12.3 Å². The number of thioether (sulfide) groups is 1. The SMILES string of the molecule is O=Cc1ccc(OC2CCOC3(CCSCC3)C2)cn1. The number of rotatable bonds is 3. The van der Waals surface area contributed by atoms with E-state index in [1.807, 2.05) is 17.8 Å². The van der Waals surface area contributed by atoms with Crippen LogP contribution in [0.2, 0.25) is 0 Å². The van der Waals surface area contributed by atoms with E-state index in [1.165, 1.54) is 11.5 Å². The fourth-order valence-electron chi connectivity index (χ4n) is 2.90. The maximum absolute atomic E-state index is 10.6. The van der Waals surface area contributed by atoms with Gasteiger partial charge in [-0.1, -0.05) is 0 Å². The summed E-state index contributed by atoms with van der Waals surface area (Å²) in [5.74, 6) is 3.10. The van der Waals surface area contributed by atoms with Gasteiger partial charge < -0.3 is 9.47 Å². The van der Waals surface area contributed by atoms with Crippen molar-refractivity contribution in [1.82, 2.24) is 4.98 Å². The summed E-state index contributed by atoms with van der Waals surface area (Å²) in [6.07, 6.45) is 6.69. The third kappa shape index (κ3) is 3.15. The predicted molar refractivity (Wildman–Crippen MR) is 78.5 cm³/mol. The van der Waals surface area contributed by atoms with Gasteiger partial charge in [-0.3, -0.25) is 4.79 Å². The summed E-state index contributed by atoms with van der Waals surface area (Å²) in [4.78, 5) is 14.6. The number of ether oxygens (including phenoxy) is 2. The van der Waals surface area contributed by atoms with Gasteiger partial charge in [0.05, 0.1) is 18.4 Å². The Morgan fingerprint density at radius 1 is 1.40 bits per heavy atom. The fourth-order valence-corrected chi connectivity index (χ4v) is 4.14. The van der Waals surface area contributed by atoms with E-state index in [9.17, 15) is 4.79 Å². The molecule has 1 unspecified atom stereocenters. The molecule has 1 aromatic heterocycles. The normalized spacial score (nSPS) is 25.3. The number of aromatic nitrogens is 1. The van der Waals surface area contributed by atoms with Gasteiger partial charge in [0, 0.05) is 12.8 Å². The zero-order valence-electron chi connectivity index (χ0n) is 11.4. The van der Waals surface area contributed by atoms with E-state index >= 15 is 0 Å². The van der Waals surface area contributed by atoms with E-state index < -0.39 is 0 Å². The molecule has 0 saturated carbocycles. The molecule has 2 aliphatic rings. The highest BCUT2D eigenvalue weighted by Crippen LogP contribution is 2.38. The molecule has 108 valence electrons. The summed E-state index contributed by atoms with van der Waals surface area (Å²) in [7, 11) is 0. The average Bonchev–Trinajstić information content (AvgIpc) is 2.49. The topological polar surface area (TPSA) is 48.4 Å². The largest absolute Gasteiger partial charge is 0.489 e. The summed E-state index contributed by atoms with van der Waals surface area (Å²) in [5, 5.41) is 0. The number of hydrogen-bond donors (Lipinski definition) is 0. The van der Waals surface area contributed by atoms with E-state index in [4.69, 9.17) is 9.47 Å². The van der Waals surface area contributed by atoms with Gasteiger partial charge >= 0.3 is 0 Å². The van der Waals surface area contributed by atoms with Crippen LogP contribution in [0.15, 0.2) is 18.3 Å². The lowest BCUT2D eigenvalue weighted by Gasteiger charge is -2.43. The molecule has 20 heavy (non-hydrogen) atoms. The van der Waals surface area contributed by atoms with Crippen molar-refractivity contribution in [3.8, 4) is 5.75 Å². The lowest BCUT2D eigenvalue weighted by Crippen LogP contribution is -2.46. The zero-order valence-corrected chi connectivity index (χ0v) is 12.2. The van der Waals surface area contributed by atoms with Crippen LogP contribution in [-0.2, 0) is 4.74 Å². The second-order valence-electron chi connectivity index (χ2n) is 5.41. The molecule has 2 aliphatic heterocycles. The van der Waals surface area contributed by atoms with Gasteiger partial charge in [0.15, 0.2) is 6.29 Å². The van der Waals surface area contributed by atoms with Crippen LogP contribution in [0.3, 0.4) is 0 Å². The third-order valence-electron chi connectivity index (χ3n) is 4.03. The number of hydrogen-bond acceptors (Lipinski definition) is 5. The van der Waals surface area contributed by atoms with E-state index in [0.717, 1.165) is 44.3 Å². The molecule has 1 spiro atoms. The predicted octanol–water partition coefficient (Wildman–Crippen LogP) is 2.72. The van der Waals surface area contributed by atoms with Crippen LogP contribution in [-0.4, -0.2) is 41.1 Å². The van der Waals surface area contributed by atoms with E-state index in [0.29, 0.717) is 5.69 Å². The summed E-state index contributed by atoms with van der Waals surface area (Å²) in [6, 6.07) is 3.50. The Kier molecular flexibility index (Phi) is 4.27. The fraction of sp³-hybridized carbons (Fsp3) is 0.600. The second-order valence-corrected chi connectivity index (χ2v) is 6.64. The van der Waals surface area contributed by atoms with Crippen molar-refractivity contribution in [2.45, 2.75) is 37.4 Å². The first-order chi connectivity index (χ1) is 9.80. The van der Waals surface area contributed by atoms with Crippen molar-refractivity contribution in [2.75, 3.05) is 18.1 Å². The number of carbonyl (C=O) groups is 1. The minimum atomic E-state index is 0.0321. The Morgan fingerprint density at radius 3 is 2.95 bits per heavy atom. The Morgan fingerprint density at radius 2 is 2.25 bits per heavy atom. The maximum Gasteiger partial charge on any atom is 0.168 e. The lowest BCUT2D eigenvalue weighted by molar-refractivity contribution is -0.116. The monoisotopic (exact) mass is 293 g/mol. The Bertz CT molecular complexity index is 451. The number of aldehydes is 1. The van der Waals surface area contributed by atoms with Crippen molar-refractivity contribution in [2.24, 2.45) is 0 Å². The maximum atomic E-state index is 10.6. The molecular weight excluding hydrogens is 274 g/mol. The summed E-state index contributed by atoms with van der Waals surface area (Å²) >= 11 is 2.01. The zero-order chi connectivity index (χ0) is 13.8. The molecule has 0 amide bonds. The van der Waals surface area contributed by atoms with Crippen LogP contribution in [0.5, 0.6) is 5.75 Å². The number of nitrogens with zero attached hydrogens (tertiary/aromatic N) is 1. The van der Waals surface area contributed by atoms with Crippen LogP contribution < -0.4 is 4.74 Å². The van der Waals surface area contributed by atoms with Gasteiger partial charge in [0.25, 0.3) is 0 Å². The first kappa shape index (κ1) is 13.9. The van der Waals surface area contributed by atoms with Gasteiger partial charge in [-0.25, -0.2) is 4.98 Å². The minimum absolute atomic E-state index is 0.0321. The van der Waals surface area contributed by atoms with Gasteiger partial charge in [-0.2, -0.15) is 11.8 Å². The molecule has 0 bridgehead atoms. The summed E-state index contributed by atoms with van der Waals surface area (Å²) < 4.78 is 12.1. The molecule has 0 radical (unpaired) electrons. The molecular formula is C15H19NO3S. The quantitative estimate of drug-likeness (QED) is 0.802. The molecule has 3 rings (SSSR count). The number of carbonyl (C=O) groups excluding carboxylic acids is 1. The first-order valence-electron chi connectivity index (χ1n) is 7.09. The van der Waals surface area contributed by atoms with Crippen LogP contribution in [0.4, 0.5) is 0 Å². The second kappa shape index (κ2) is 6.14. The van der Waals surface area contributed by atoms with Crippen molar-refractivity contribution in [3.63, 3.8) is 0 Å². The Labute approximate surface area is 123 Å². The van der Waals surface area contributed by atoms with Gasteiger partial charge in [0.1, 0.15) is 17.5 Å². The Hall–Kier alpha value is -1.07. The lowest BCUT2D eigenvalue weighted by atomic mass is 9.86. The molecule has 0 aromatic carbocycles. The van der Waals surface area contributed by atoms with Crippen LogP contribution in [0.25, 0.3) is 0 Å². The average molecular weight is 293 g/mol. The van der Waals surface area contributed by atoms with Gasteiger partial charge in [-0.15, -0.1) is 0 Å². The molecule has 0 N–H and O–H groups in total. The summed E-state index contributed by atoms with van der Waals surface area (Å²) in [5.41, 5.74) is 0.467. The smallest absolute Gasteiger partial charge is 0.168 e. The van der Waals surface area contributed by atoms with Crippen molar-refractivity contribution in [3.05, 3.63) is 24.0 Å². The molecule has 3 heterocycles. The highest BCUT2D eigenvalue weighted by molar-refractivity contribution is 7.99. The van der Waals surface area contributed by atoms with E-state index in [2.05, 4.69) is 4.98 Å². The van der Waals surface area contributed by atoms with Crippen molar-refractivity contribution >= 4 is 18.0 Å². The highest BCUT2D eigenvalue weighted by Gasteiger charge is 2.39. The van der Waals surface area contributed by atoms with Crippen molar-refractivity contribution in [1.29, 1.82) is 0 Å². The standard InChI is InChI=1S/C15H19NO3S/c17-11-12-1-2-14(10-16-12)19-13-3-6-18-15(9-13)4-7-20-8-5-15/h1-2,10-11,13H,3-9H2. The Balaban J connectivity index is 1.63. The first-order valence-corrected chi connectivity index (χ1v) is 8.25. The molecule has 1 atom stereocenters. The highest BCUT2D eigenvalue weighted by atomic mass is 32.2.